The van der Waals surface area contributed by atoms with E-state index >= 15 is 0 Å². The van der Waals surface area contributed by atoms with Crippen LogP contribution in [0, 0.1) is 0 Å². The summed E-state index contributed by atoms with van der Waals surface area (Å²) < 4.78 is 0. The SMILES string of the molecule is O=C1CCC(N2CCCc3c(N4CCC(O)CC4)cccc32)C(=O)N1. The Bertz CT molecular complexity index is 682. The highest BCUT2D eigenvalue weighted by Crippen LogP contribution is 2.37. The molecule has 2 fully saturated rings. The highest BCUT2D eigenvalue weighted by molar-refractivity contribution is 6.01. The van der Waals surface area contributed by atoms with Gasteiger partial charge < -0.3 is 14.9 Å². The Kier molecular flexibility index (Phi) is 4.37. The number of piperidine rings is 2. The number of imide groups is 1. The fourth-order valence-electron chi connectivity index (χ4n) is 4.34. The Morgan fingerprint density at radius 3 is 2.52 bits per heavy atom. The maximum absolute atomic E-state index is 12.3. The highest BCUT2D eigenvalue weighted by Gasteiger charge is 2.35. The zero-order valence-corrected chi connectivity index (χ0v) is 14.4. The number of aliphatic hydroxyl groups is 1. The van der Waals surface area contributed by atoms with Gasteiger partial charge in [-0.05, 0) is 49.8 Å². The average Bonchev–Trinajstić information content (AvgIpc) is 2.62. The van der Waals surface area contributed by atoms with E-state index in [0.29, 0.717) is 12.8 Å². The molecule has 2 saturated heterocycles. The molecule has 1 aromatic carbocycles. The molecule has 4 rings (SSSR count). The fraction of sp³-hybridized carbons (Fsp3) is 0.579. The van der Waals surface area contributed by atoms with Gasteiger partial charge in [0.25, 0.3) is 0 Å². The third-order valence-electron chi connectivity index (χ3n) is 5.65. The number of carbonyl (C=O) groups is 2. The van der Waals surface area contributed by atoms with Gasteiger partial charge in [0.15, 0.2) is 0 Å². The summed E-state index contributed by atoms with van der Waals surface area (Å²) in [6, 6.07) is 6.06. The lowest BCUT2D eigenvalue weighted by Crippen LogP contribution is -2.54. The Morgan fingerprint density at radius 1 is 1.00 bits per heavy atom. The molecule has 0 aromatic heterocycles. The van der Waals surface area contributed by atoms with Crippen molar-refractivity contribution in [3.05, 3.63) is 23.8 Å². The first-order valence-electron chi connectivity index (χ1n) is 9.29. The zero-order chi connectivity index (χ0) is 17.4. The van der Waals surface area contributed by atoms with Crippen LogP contribution in [0.15, 0.2) is 18.2 Å². The lowest BCUT2D eigenvalue weighted by molar-refractivity contribution is -0.134. The number of fused-ring (bicyclic) bond motifs is 1. The van der Waals surface area contributed by atoms with Crippen LogP contribution in [0.4, 0.5) is 11.4 Å². The summed E-state index contributed by atoms with van der Waals surface area (Å²) in [6.45, 7) is 2.59. The molecule has 134 valence electrons. The number of aliphatic hydroxyl groups excluding tert-OH is 1. The molecule has 3 aliphatic heterocycles. The van der Waals surface area contributed by atoms with Crippen molar-refractivity contribution in [2.45, 2.75) is 50.7 Å². The summed E-state index contributed by atoms with van der Waals surface area (Å²) in [4.78, 5) is 28.3. The summed E-state index contributed by atoms with van der Waals surface area (Å²) in [5.74, 6) is -0.338. The Labute approximate surface area is 147 Å². The second-order valence-electron chi connectivity index (χ2n) is 7.26. The van der Waals surface area contributed by atoms with Gasteiger partial charge >= 0.3 is 0 Å². The Morgan fingerprint density at radius 2 is 1.76 bits per heavy atom. The van der Waals surface area contributed by atoms with Crippen LogP contribution in [-0.2, 0) is 16.0 Å². The smallest absolute Gasteiger partial charge is 0.249 e. The molecular formula is C19H25N3O3. The molecule has 1 aromatic rings. The maximum Gasteiger partial charge on any atom is 0.249 e. The molecule has 0 bridgehead atoms. The van der Waals surface area contributed by atoms with Crippen LogP contribution in [-0.4, -0.2) is 48.7 Å². The summed E-state index contributed by atoms with van der Waals surface area (Å²) in [5, 5.41) is 12.3. The third kappa shape index (κ3) is 3.11. The van der Waals surface area contributed by atoms with Crippen LogP contribution in [0.3, 0.4) is 0 Å². The molecular weight excluding hydrogens is 318 g/mol. The molecule has 0 radical (unpaired) electrons. The van der Waals surface area contributed by atoms with Gasteiger partial charge in [-0.25, -0.2) is 0 Å². The van der Waals surface area contributed by atoms with Gasteiger partial charge in [0.2, 0.25) is 11.8 Å². The molecule has 25 heavy (non-hydrogen) atoms. The van der Waals surface area contributed by atoms with Crippen molar-refractivity contribution >= 4 is 23.2 Å². The summed E-state index contributed by atoms with van der Waals surface area (Å²) in [5.41, 5.74) is 3.67. The second kappa shape index (κ2) is 6.67. The van der Waals surface area contributed by atoms with Crippen LogP contribution >= 0.6 is 0 Å². The quantitative estimate of drug-likeness (QED) is 0.790. The largest absolute Gasteiger partial charge is 0.393 e. The van der Waals surface area contributed by atoms with E-state index in [1.807, 2.05) is 0 Å². The van der Waals surface area contributed by atoms with Gasteiger partial charge in [-0.3, -0.25) is 14.9 Å². The first-order chi connectivity index (χ1) is 12.1. The van der Waals surface area contributed by atoms with E-state index in [0.717, 1.165) is 51.0 Å². The van der Waals surface area contributed by atoms with Gasteiger partial charge in [-0.2, -0.15) is 0 Å². The fourth-order valence-corrected chi connectivity index (χ4v) is 4.34. The molecule has 1 atom stereocenters. The monoisotopic (exact) mass is 343 g/mol. The molecule has 6 nitrogen and oxygen atoms in total. The molecule has 2 amide bonds. The number of carbonyl (C=O) groups excluding carboxylic acids is 2. The molecule has 0 aliphatic carbocycles. The number of amides is 2. The summed E-state index contributed by atoms with van der Waals surface area (Å²) in [6.07, 6.45) is 4.44. The van der Waals surface area contributed by atoms with Crippen molar-refractivity contribution in [1.29, 1.82) is 0 Å². The normalized spacial score (nSPS) is 24.9. The third-order valence-corrected chi connectivity index (χ3v) is 5.65. The molecule has 0 spiro atoms. The minimum Gasteiger partial charge on any atom is -0.393 e. The number of nitrogens with one attached hydrogen (secondary N) is 1. The number of hydrogen-bond acceptors (Lipinski definition) is 5. The van der Waals surface area contributed by atoms with Crippen LogP contribution in [0.5, 0.6) is 0 Å². The number of anilines is 2. The summed E-state index contributed by atoms with van der Waals surface area (Å²) >= 11 is 0. The number of rotatable bonds is 2. The zero-order valence-electron chi connectivity index (χ0n) is 14.4. The Hall–Kier alpha value is -2.08. The van der Waals surface area contributed by atoms with E-state index in [2.05, 4.69) is 33.3 Å². The minimum absolute atomic E-state index is 0.167. The van der Waals surface area contributed by atoms with Crippen molar-refractivity contribution in [2.24, 2.45) is 0 Å². The van der Waals surface area contributed by atoms with Gasteiger partial charge in [0.1, 0.15) is 6.04 Å². The molecule has 2 N–H and O–H groups in total. The highest BCUT2D eigenvalue weighted by atomic mass is 16.3. The van der Waals surface area contributed by atoms with Gasteiger partial charge in [0.05, 0.1) is 6.10 Å². The lowest BCUT2D eigenvalue weighted by atomic mass is 9.94. The average molecular weight is 343 g/mol. The van der Waals surface area contributed by atoms with E-state index in [4.69, 9.17) is 0 Å². The van der Waals surface area contributed by atoms with Gasteiger partial charge in [0, 0.05) is 37.4 Å². The van der Waals surface area contributed by atoms with E-state index in [9.17, 15) is 14.7 Å². The van der Waals surface area contributed by atoms with E-state index in [1.165, 1.54) is 11.3 Å². The van der Waals surface area contributed by atoms with E-state index in [1.54, 1.807) is 0 Å². The minimum atomic E-state index is -0.254. The lowest BCUT2D eigenvalue weighted by Gasteiger charge is -2.41. The van der Waals surface area contributed by atoms with Crippen molar-refractivity contribution in [3.63, 3.8) is 0 Å². The molecule has 6 heteroatoms. The van der Waals surface area contributed by atoms with Crippen LogP contribution in [0.2, 0.25) is 0 Å². The van der Waals surface area contributed by atoms with Crippen molar-refractivity contribution in [3.8, 4) is 0 Å². The van der Waals surface area contributed by atoms with Gasteiger partial charge in [-0.15, -0.1) is 0 Å². The van der Waals surface area contributed by atoms with Crippen molar-refractivity contribution in [2.75, 3.05) is 29.4 Å². The topological polar surface area (TPSA) is 72.9 Å². The van der Waals surface area contributed by atoms with Crippen LogP contribution in [0.25, 0.3) is 0 Å². The molecule has 1 unspecified atom stereocenters. The van der Waals surface area contributed by atoms with Gasteiger partial charge in [-0.1, -0.05) is 6.07 Å². The number of nitrogens with zero attached hydrogens (tertiary/aromatic N) is 2. The maximum atomic E-state index is 12.3. The second-order valence-corrected chi connectivity index (χ2v) is 7.26. The van der Waals surface area contributed by atoms with E-state index < -0.39 is 0 Å². The molecule has 3 aliphatic rings. The van der Waals surface area contributed by atoms with Crippen LogP contribution < -0.4 is 15.1 Å². The first kappa shape index (κ1) is 16.4. The predicted octanol–water partition coefficient (Wildman–Crippen LogP) is 1.21. The molecule has 0 saturated carbocycles. The number of hydrogen-bond donors (Lipinski definition) is 2. The van der Waals surface area contributed by atoms with E-state index in [-0.39, 0.29) is 24.0 Å². The molecule has 3 heterocycles. The standard InChI is InChI=1S/C19H25N3O3/c23-13-8-11-21(12-9-13)15-4-1-5-16-14(15)3-2-10-22(16)17-6-7-18(24)20-19(17)25/h1,4-5,13,17,23H,2-3,6-12H2,(H,20,24,25). The first-order valence-corrected chi connectivity index (χ1v) is 9.29. The van der Waals surface area contributed by atoms with Crippen molar-refractivity contribution in [1.82, 2.24) is 5.32 Å². The Balaban J connectivity index is 1.63. The summed E-state index contributed by atoms with van der Waals surface area (Å²) in [7, 11) is 0. The van der Waals surface area contributed by atoms with Crippen molar-refractivity contribution < 1.29 is 14.7 Å². The van der Waals surface area contributed by atoms with Crippen LogP contribution in [0.1, 0.15) is 37.7 Å². The predicted molar refractivity (Wildman–Crippen MR) is 95.7 cm³/mol. The number of benzene rings is 1.